The summed E-state index contributed by atoms with van der Waals surface area (Å²) in [5.74, 6) is 0.965. The molecular formula is C10H14ClN3O. The Morgan fingerprint density at radius 3 is 2.73 bits per heavy atom. The molecule has 1 aromatic carbocycles. The number of aryl methyl sites for hydroxylation is 1. The van der Waals surface area contributed by atoms with Gasteiger partial charge in [0, 0.05) is 18.1 Å². The molecule has 5 heteroatoms. The van der Waals surface area contributed by atoms with E-state index in [0.717, 1.165) is 11.3 Å². The van der Waals surface area contributed by atoms with Crippen molar-refractivity contribution in [3.05, 3.63) is 22.7 Å². The van der Waals surface area contributed by atoms with Crippen LogP contribution in [0.1, 0.15) is 5.56 Å². The predicted molar refractivity (Wildman–Crippen MR) is 63.9 cm³/mol. The van der Waals surface area contributed by atoms with E-state index >= 15 is 0 Å². The van der Waals surface area contributed by atoms with Crippen LogP contribution in [0.4, 0.5) is 5.69 Å². The van der Waals surface area contributed by atoms with E-state index in [1.54, 1.807) is 20.2 Å². The van der Waals surface area contributed by atoms with E-state index in [9.17, 15) is 0 Å². The van der Waals surface area contributed by atoms with Gasteiger partial charge in [-0.2, -0.15) is 0 Å². The molecule has 0 aliphatic rings. The van der Waals surface area contributed by atoms with Crippen molar-refractivity contribution in [3.8, 4) is 5.75 Å². The Morgan fingerprint density at radius 2 is 2.20 bits per heavy atom. The Balaban J connectivity index is 3.10. The Morgan fingerprint density at radius 1 is 1.53 bits per heavy atom. The highest BCUT2D eigenvalue weighted by molar-refractivity contribution is 6.31. The minimum absolute atomic E-state index is 0.329. The number of nitrogens with two attached hydrogens (primary N) is 1. The number of benzene rings is 1. The maximum Gasteiger partial charge on any atom is 0.192 e. The van der Waals surface area contributed by atoms with E-state index in [1.165, 1.54) is 0 Å². The van der Waals surface area contributed by atoms with Crippen LogP contribution in [0, 0.1) is 6.92 Å². The molecule has 0 saturated carbocycles. The first-order valence-electron chi connectivity index (χ1n) is 4.42. The molecule has 82 valence electrons. The lowest BCUT2D eigenvalue weighted by atomic mass is 10.2. The molecule has 0 aliphatic heterocycles. The summed E-state index contributed by atoms with van der Waals surface area (Å²) in [5.41, 5.74) is 7.27. The third-order valence-electron chi connectivity index (χ3n) is 1.98. The summed E-state index contributed by atoms with van der Waals surface area (Å²) in [6, 6.07) is 3.60. The molecule has 0 fully saturated rings. The van der Waals surface area contributed by atoms with Gasteiger partial charge in [-0.05, 0) is 18.6 Å². The summed E-state index contributed by atoms with van der Waals surface area (Å²) in [5, 5.41) is 3.58. The van der Waals surface area contributed by atoms with Crippen LogP contribution in [0.5, 0.6) is 5.75 Å². The van der Waals surface area contributed by atoms with E-state index in [4.69, 9.17) is 22.1 Å². The molecule has 0 bridgehead atoms. The molecular weight excluding hydrogens is 214 g/mol. The lowest BCUT2D eigenvalue weighted by molar-refractivity contribution is 0.417. The summed E-state index contributed by atoms with van der Waals surface area (Å²) in [6.45, 7) is 1.91. The normalized spacial score (nSPS) is 11.3. The summed E-state index contributed by atoms with van der Waals surface area (Å²) < 4.78 is 5.17. The van der Waals surface area contributed by atoms with Crippen molar-refractivity contribution in [3.63, 3.8) is 0 Å². The summed E-state index contributed by atoms with van der Waals surface area (Å²) >= 11 is 5.97. The highest BCUT2D eigenvalue weighted by Crippen LogP contribution is 2.30. The molecule has 3 N–H and O–H groups in total. The molecule has 4 nitrogen and oxygen atoms in total. The Labute approximate surface area is 94.1 Å². The molecule has 0 aliphatic carbocycles. The number of hydrogen-bond donors (Lipinski definition) is 2. The molecule has 1 rings (SSSR count). The third-order valence-corrected chi connectivity index (χ3v) is 2.39. The van der Waals surface area contributed by atoms with Gasteiger partial charge in [-0.3, -0.25) is 4.99 Å². The molecule has 0 saturated heterocycles. The number of rotatable bonds is 2. The summed E-state index contributed by atoms with van der Waals surface area (Å²) in [6.07, 6.45) is 0. The first kappa shape index (κ1) is 11.7. The minimum atomic E-state index is 0.329. The SMILES string of the molecule is CN=C(N)Nc1cc(C)c(Cl)cc1OC. The first-order chi connectivity index (χ1) is 7.08. The molecule has 0 unspecified atom stereocenters. The smallest absolute Gasteiger partial charge is 0.192 e. The average Bonchev–Trinajstić information content (AvgIpc) is 2.22. The van der Waals surface area contributed by atoms with E-state index in [0.29, 0.717) is 16.7 Å². The van der Waals surface area contributed by atoms with E-state index in [-0.39, 0.29) is 0 Å². The van der Waals surface area contributed by atoms with Gasteiger partial charge >= 0.3 is 0 Å². The van der Waals surface area contributed by atoms with Gasteiger partial charge in [-0.25, -0.2) is 0 Å². The summed E-state index contributed by atoms with van der Waals surface area (Å²) in [4.78, 5) is 3.81. The fourth-order valence-corrected chi connectivity index (χ4v) is 1.28. The fourth-order valence-electron chi connectivity index (χ4n) is 1.12. The second-order valence-corrected chi connectivity index (χ2v) is 3.44. The number of methoxy groups -OCH3 is 1. The number of aliphatic imine (C=N–C) groups is 1. The molecule has 0 atom stereocenters. The van der Waals surface area contributed by atoms with Gasteiger partial charge in [0.2, 0.25) is 0 Å². The zero-order valence-electron chi connectivity index (χ0n) is 8.97. The maximum atomic E-state index is 5.97. The van der Waals surface area contributed by atoms with Crippen LogP contribution in [-0.4, -0.2) is 20.1 Å². The van der Waals surface area contributed by atoms with Gasteiger partial charge in [-0.15, -0.1) is 0 Å². The number of ether oxygens (including phenoxy) is 1. The van der Waals surface area contributed by atoms with Crippen molar-refractivity contribution in [2.45, 2.75) is 6.92 Å². The monoisotopic (exact) mass is 227 g/mol. The molecule has 0 heterocycles. The second-order valence-electron chi connectivity index (χ2n) is 3.04. The van der Waals surface area contributed by atoms with Gasteiger partial charge in [0.15, 0.2) is 5.96 Å². The Hall–Kier alpha value is -1.42. The van der Waals surface area contributed by atoms with Crippen molar-refractivity contribution in [2.75, 3.05) is 19.5 Å². The largest absolute Gasteiger partial charge is 0.495 e. The molecule has 0 aromatic heterocycles. The van der Waals surface area contributed by atoms with Crippen molar-refractivity contribution in [2.24, 2.45) is 10.7 Å². The first-order valence-corrected chi connectivity index (χ1v) is 4.79. The van der Waals surface area contributed by atoms with E-state index < -0.39 is 0 Å². The van der Waals surface area contributed by atoms with Crippen LogP contribution in [0.25, 0.3) is 0 Å². The Bertz CT molecular complexity index is 390. The Kier molecular flexibility index (Phi) is 3.80. The number of nitrogens with zero attached hydrogens (tertiary/aromatic N) is 1. The molecule has 15 heavy (non-hydrogen) atoms. The van der Waals surface area contributed by atoms with Crippen LogP contribution >= 0.6 is 11.6 Å². The standard InChI is InChI=1S/C10H14ClN3O/c1-6-4-8(14-10(12)13-2)9(15-3)5-7(6)11/h4-5H,1-3H3,(H3,12,13,14). The fraction of sp³-hybridized carbons (Fsp3) is 0.300. The van der Waals surface area contributed by atoms with Crippen molar-refractivity contribution < 1.29 is 4.74 Å². The highest BCUT2D eigenvalue weighted by Gasteiger charge is 2.07. The molecule has 1 aromatic rings. The van der Waals surface area contributed by atoms with Gasteiger partial charge in [0.05, 0.1) is 12.8 Å². The third kappa shape index (κ3) is 2.76. The van der Waals surface area contributed by atoms with Gasteiger partial charge in [0.1, 0.15) is 5.75 Å². The summed E-state index contributed by atoms with van der Waals surface area (Å²) in [7, 11) is 3.18. The average molecular weight is 228 g/mol. The predicted octanol–water partition coefficient (Wildman–Crippen LogP) is 2.01. The maximum absolute atomic E-state index is 5.97. The minimum Gasteiger partial charge on any atom is -0.495 e. The van der Waals surface area contributed by atoms with Crippen molar-refractivity contribution in [1.29, 1.82) is 0 Å². The van der Waals surface area contributed by atoms with Gasteiger partial charge in [-0.1, -0.05) is 11.6 Å². The van der Waals surface area contributed by atoms with Crippen LogP contribution in [-0.2, 0) is 0 Å². The number of hydrogen-bond acceptors (Lipinski definition) is 2. The van der Waals surface area contributed by atoms with Crippen LogP contribution in [0.2, 0.25) is 5.02 Å². The number of halogens is 1. The molecule has 0 amide bonds. The quantitative estimate of drug-likeness (QED) is 0.600. The second kappa shape index (κ2) is 4.89. The van der Waals surface area contributed by atoms with E-state index in [1.807, 2.05) is 13.0 Å². The number of anilines is 1. The van der Waals surface area contributed by atoms with Gasteiger partial charge in [0.25, 0.3) is 0 Å². The number of guanidine groups is 1. The zero-order valence-corrected chi connectivity index (χ0v) is 9.72. The van der Waals surface area contributed by atoms with Crippen LogP contribution in [0.15, 0.2) is 17.1 Å². The van der Waals surface area contributed by atoms with Gasteiger partial charge < -0.3 is 15.8 Å². The van der Waals surface area contributed by atoms with Crippen molar-refractivity contribution >= 4 is 23.2 Å². The molecule has 0 radical (unpaired) electrons. The zero-order chi connectivity index (χ0) is 11.4. The lowest BCUT2D eigenvalue weighted by Crippen LogP contribution is -2.22. The van der Waals surface area contributed by atoms with Crippen LogP contribution in [0.3, 0.4) is 0 Å². The topological polar surface area (TPSA) is 59.6 Å². The van der Waals surface area contributed by atoms with Crippen LogP contribution < -0.4 is 15.8 Å². The molecule has 0 spiro atoms. The lowest BCUT2D eigenvalue weighted by Gasteiger charge is -2.12. The highest BCUT2D eigenvalue weighted by atomic mass is 35.5. The number of nitrogens with one attached hydrogen (secondary N) is 1. The van der Waals surface area contributed by atoms with Crippen molar-refractivity contribution in [1.82, 2.24) is 0 Å². The van der Waals surface area contributed by atoms with E-state index in [2.05, 4.69) is 10.3 Å².